The number of urea groups is 1. The lowest BCUT2D eigenvalue weighted by Gasteiger charge is -2.19. The summed E-state index contributed by atoms with van der Waals surface area (Å²) in [5.74, 6) is 0.557. The van der Waals surface area contributed by atoms with Crippen LogP contribution in [-0.4, -0.2) is 33.2 Å². The number of carbonyl (C=O) groups excluding carboxylic acids is 2. The molecule has 160 valence electrons. The number of amides is 3. The van der Waals surface area contributed by atoms with Crippen molar-refractivity contribution in [2.45, 2.75) is 36.6 Å². The van der Waals surface area contributed by atoms with E-state index in [-0.39, 0.29) is 11.8 Å². The minimum atomic E-state index is -1.43. The number of nitrogens with one attached hydrogen (secondary N) is 3. The molecule has 3 unspecified atom stereocenters. The molecule has 1 aliphatic heterocycles. The van der Waals surface area contributed by atoms with Crippen LogP contribution in [0.1, 0.15) is 25.0 Å². The molecular weight excluding hydrogens is 416 g/mol. The lowest BCUT2D eigenvalue weighted by atomic mass is 9.96. The first-order valence-corrected chi connectivity index (χ1v) is 11.3. The van der Waals surface area contributed by atoms with Crippen LogP contribution in [0.15, 0.2) is 51.8 Å². The van der Waals surface area contributed by atoms with Gasteiger partial charge in [-0.3, -0.25) is 10.1 Å². The average Bonchev–Trinajstić information content (AvgIpc) is 3.43. The summed E-state index contributed by atoms with van der Waals surface area (Å²) >= 11 is 0. The SMILES string of the molecule is Cc1nc(-c2cc3ccccc3o2)ccc1S(=O)NCC1CCC2(C1)NC(=O)NC2=O. The summed E-state index contributed by atoms with van der Waals surface area (Å²) in [5.41, 5.74) is 1.34. The Morgan fingerprint density at radius 2 is 2.10 bits per heavy atom. The first-order valence-electron chi connectivity index (χ1n) is 10.2. The maximum atomic E-state index is 12.8. The summed E-state index contributed by atoms with van der Waals surface area (Å²) in [6.45, 7) is 2.31. The highest BCUT2D eigenvalue weighted by Gasteiger charge is 2.50. The van der Waals surface area contributed by atoms with Crippen molar-refractivity contribution in [1.82, 2.24) is 20.3 Å². The molecule has 3 heterocycles. The van der Waals surface area contributed by atoms with Gasteiger partial charge in [-0.2, -0.15) is 0 Å². The Labute approximate surface area is 181 Å². The zero-order valence-corrected chi connectivity index (χ0v) is 17.8. The van der Waals surface area contributed by atoms with Gasteiger partial charge in [-0.05, 0) is 56.4 Å². The van der Waals surface area contributed by atoms with E-state index >= 15 is 0 Å². The second-order valence-corrected chi connectivity index (χ2v) is 9.41. The topological polar surface area (TPSA) is 113 Å². The highest BCUT2D eigenvalue weighted by atomic mass is 32.2. The third kappa shape index (κ3) is 3.64. The number of imide groups is 1. The first-order chi connectivity index (χ1) is 14.9. The number of hydrogen-bond acceptors (Lipinski definition) is 5. The van der Waals surface area contributed by atoms with Crippen LogP contribution < -0.4 is 15.4 Å². The molecule has 31 heavy (non-hydrogen) atoms. The number of rotatable bonds is 5. The Balaban J connectivity index is 1.25. The van der Waals surface area contributed by atoms with E-state index in [1.807, 2.05) is 43.3 Å². The molecule has 1 saturated carbocycles. The Kier molecular flexibility index (Phi) is 4.86. The maximum Gasteiger partial charge on any atom is 0.322 e. The van der Waals surface area contributed by atoms with Crippen LogP contribution in [0.4, 0.5) is 4.79 Å². The summed E-state index contributed by atoms with van der Waals surface area (Å²) in [5, 5.41) is 6.06. The number of hydrogen-bond donors (Lipinski definition) is 3. The zero-order valence-electron chi connectivity index (χ0n) is 16.9. The largest absolute Gasteiger partial charge is 0.454 e. The van der Waals surface area contributed by atoms with Crippen molar-refractivity contribution in [3.63, 3.8) is 0 Å². The van der Waals surface area contributed by atoms with Crippen LogP contribution in [0.3, 0.4) is 0 Å². The Hall–Kier alpha value is -3.04. The van der Waals surface area contributed by atoms with Crippen molar-refractivity contribution in [2.24, 2.45) is 5.92 Å². The summed E-state index contributed by atoms with van der Waals surface area (Å²) in [7, 11) is -1.43. The van der Waals surface area contributed by atoms with Gasteiger partial charge in [0.25, 0.3) is 5.91 Å². The number of aryl methyl sites for hydroxylation is 1. The molecule has 3 N–H and O–H groups in total. The first kappa shape index (κ1) is 19.9. The highest BCUT2D eigenvalue weighted by molar-refractivity contribution is 7.83. The minimum Gasteiger partial charge on any atom is -0.454 e. The molecule has 3 atom stereocenters. The number of benzene rings is 1. The molecular formula is C22H22N4O4S. The number of para-hydroxylation sites is 1. The average molecular weight is 439 g/mol. The van der Waals surface area contributed by atoms with Gasteiger partial charge < -0.3 is 9.73 Å². The van der Waals surface area contributed by atoms with Gasteiger partial charge in [0.2, 0.25) is 0 Å². The standard InChI is InChI=1S/C22H22N4O4S/c1-13-19(7-6-16(24-13)18-10-15-4-2-3-5-17(15)30-18)31(29)23-12-14-8-9-22(11-14)20(27)25-21(28)26-22/h2-7,10,14,23H,8-9,11-12H2,1H3,(H2,25,26,27,28). The molecule has 9 heteroatoms. The fourth-order valence-electron chi connectivity index (χ4n) is 4.43. The number of carbonyl (C=O) groups is 2. The summed E-state index contributed by atoms with van der Waals surface area (Å²) in [4.78, 5) is 28.7. The third-order valence-electron chi connectivity index (χ3n) is 6.05. The highest BCUT2D eigenvalue weighted by Crippen LogP contribution is 2.36. The second kappa shape index (κ2) is 7.58. The number of nitrogens with zero attached hydrogens (tertiary/aromatic N) is 1. The number of fused-ring (bicyclic) bond motifs is 1. The summed E-state index contributed by atoms with van der Waals surface area (Å²) in [6.07, 6.45) is 1.91. The van der Waals surface area contributed by atoms with Gasteiger partial charge in [0.15, 0.2) is 5.76 Å². The van der Waals surface area contributed by atoms with Gasteiger partial charge in [0.05, 0.1) is 10.6 Å². The molecule has 5 rings (SSSR count). The van der Waals surface area contributed by atoms with Crippen LogP contribution in [0, 0.1) is 12.8 Å². The van der Waals surface area contributed by atoms with Crippen molar-refractivity contribution in [3.8, 4) is 11.5 Å². The van der Waals surface area contributed by atoms with Crippen molar-refractivity contribution < 1.29 is 18.2 Å². The molecule has 3 aromatic rings. The van der Waals surface area contributed by atoms with Crippen LogP contribution in [-0.2, 0) is 15.8 Å². The smallest absolute Gasteiger partial charge is 0.322 e. The van der Waals surface area contributed by atoms with Crippen LogP contribution in [0.2, 0.25) is 0 Å². The normalized spacial score (nSPS) is 24.0. The van der Waals surface area contributed by atoms with E-state index in [0.29, 0.717) is 41.4 Å². The zero-order chi connectivity index (χ0) is 21.6. The number of furan rings is 1. The molecule has 3 amide bonds. The van der Waals surface area contributed by atoms with Gasteiger partial charge in [0, 0.05) is 11.9 Å². The molecule has 1 aromatic carbocycles. The number of pyridine rings is 1. The van der Waals surface area contributed by atoms with Gasteiger partial charge in [0.1, 0.15) is 27.8 Å². The van der Waals surface area contributed by atoms with E-state index in [9.17, 15) is 13.8 Å². The fraction of sp³-hybridized carbons (Fsp3) is 0.318. The van der Waals surface area contributed by atoms with Gasteiger partial charge >= 0.3 is 6.03 Å². The van der Waals surface area contributed by atoms with Crippen LogP contribution in [0.5, 0.6) is 0 Å². The molecule has 1 spiro atoms. The molecule has 0 bridgehead atoms. The predicted octanol–water partition coefficient (Wildman–Crippen LogP) is 2.79. The lowest BCUT2D eigenvalue weighted by Crippen LogP contribution is -2.44. The van der Waals surface area contributed by atoms with E-state index in [2.05, 4.69) is 20.3 Å². The minimum absolute atomic E-state index is 0.149. The number of aromatic nitrogens is 1. The van der Waals surface area contributed by atoms with Crippen LogP contribution in [0.25, 0.3) is 22.4 Å². The molecule has 8 nitrogen and oxygen atoms in total. The van der Waals surface area contributed by atoms with E-state index in [4.69, 9.17) is 4.42 Å². The molecule has 0 radical (unpaired) electrons. The third-order valence-corrected chi connectivity index (χ3v) is 7.31. The quantitative estimate of drug-likeness (QED) is 0.530. The maximum absolute atomic E-state index is 12.8. The molecule has 2 aromatic heterocycles. The van der Waals surface area contributed by atoms with Gasteiger partial charge in [-0.15, -0.1) is 0 Å². The Morgan fingerprint density at radius 1 is 1.26 bits per heavy atom. The van der Waals surface area contributed by atoms with E-state index < -0.39 is 22.6 Å². The molecule has 2 fully saturated rings. The second-order valence-electron chi connectivity index (χ2n) is 8.14. The van der Waals surface area contributed by atoms with E-state index in [1.165, 1.54) is 0 Å². The predicted molar refractivity (Wildman–Crippen MR) is 115 cm³/mol. The summed E-state index contributed by atoms with van der Waals surface area (Å²) < 4.78 is 21.8. The van der Waals surface area contributed by atoms with Crippen molar-refractivity contribution >= 4 is 33.9 Å². The lowest BCUT2D eigenvalue weighted by molar-refractivity contribution is -0.123. The molecule has 2 aliphatic rings. The summed E-state index contributed by atoms with van der Waals surface area (Å²) in [6, 6.07) is 12.9. The van der Waals surface area contributed by atoms with E-state index in [0.717, 1.165) is 17.4 Å². The van der Waals surface area contributed by atoms with E-state index in [1.54, 1.807) is 6.07 Å². The van der Waals surface area contributed by atoms with Crippen molar-refractivity contribution in [1.29, 1.82) is 0 Å². The van der Waals surface area contributed by atoms with Crippen molar-refractivity contribution in [2.75, 3.05) is 6.54 Å². The molecule has 1 aliphatic carbocycles. The molecule has 1 saturated heterocycles. The van der Waals surface area contributed by atoms with Crippen LogP contribution >= 0.6 is 0 Å². The Morgan fingerprint density at radius 3 is 2.84 bits per heavy atom. The van der Waals surface area contributed by atoms with Crippen molar-refractivity contribution in [3.05, 3.63) is 48.2 Å². The fourth-order valence-corrected chi connectivity index (χ4v) is 5.48. The monoisotopic (exact) mass is 438 g/mol. The van der Waals surface area contributed by atoms with Gasteiger partial charge in [-0.25, -0.2) is 18.7 Å². The van der Waals surface area contributed by atoms with Gasteiger partial charge in [-0.1, -0.05) is 18.2 Å². The Bertz CT molecular complexity index is 1190.